The number of fused-ring (bicyclic) bond motifs is 8. The highest BCUT2D eigenvalue weighted by Crippen LogP contribution is 2.43. The molecule has 3 aliphatic carbocycles. The second-order valence-corrected chi connectivity index (χ2v) is 17.4. The summed E-state index contributed by atoms with van der Waals surface area (Å²) in [5.41, 5.74) is 13.2. The Kier molecular flexibility index (Phi) is 8.24. The Hall–Kier alpha value is -6.94. The molecule has 0 aliphatic heterocycles. The van der Waals surface area contributed by atoms with Crippen molar-refractivity contribution in [1.82, 2.24) is 9.97 Å². The standard InChI is InChI=1S/C57H40N2S/c1-35-40-18-7-12-24-47(40)55-49-25-13-14-26-53(49)60-56(55)54(35)48-32-31-46(43-21-9-10-22-44(43)48)52-34-51(58-57(59-52)38-15-3-2-4-16-38)37-29-27-36(28-30-37)50-33-39-17-5-6-19-41(39)42-20-8-11-23-45(42)50/h2-12,14-24,26-35,40H,13,25H2,1H3. The minimum atomic E-state index is 0.331. The number of aromatic nitrogens is 2. The lowest BCUT2D eigenvalue weighted by atomic mass is 9.73. The predicted octanol–water partition coefficient (Wildman–Crippen LogP) is 13.4. The first kappa shape index (κ1) is 35.0. The third-order valence-corrected chi connectivity index (χ3v) is 14.2. The number of nitrogens with zero attached hydrogens (tertiary/aromatic N) is 2. The van der Waals surface area contributed by atoms with Crippen molar-refractivity contribution in [3.05, 3.63) is 208 Å². The van der Waals surface area contributed by atoms with Crippen LogP contribution in [-0.4, -0.2) is 9.97 Å². The van der Waals surface area contributed by atoms with Crippen LogP contribution in [0.25, 0.3) is 94.6 Å². The first-order valence-electron chi connectivity index (χ1n) is 21.1. The summed E-state index contributed by atoms with van der Waals surface area (Å²) in [7, 11) is 0. The molecular formula is C57H40N2S. The van der Waals surface area contributed by atoms with Gasteiger partial charge in [-0.25, -0.2) is 9.97 Å². The van der Waals surface area contributed by atoms with Gasteiger partial charge in [0.25, 0.3) is 0 Å². The van der Waals surface area contributed by atoms with Crippen molar-refractivity contribution in [2.45, 2.75) is 19.8 Å². The van der Waals surface area contributed by atoms with Crippen molar-refractivity contribution in [1.29, 1.82) is 0 Å². The molecule has 60 heavy (non-hydrogen) atoms. The van der Waals surface area contributed by atoms with Gasteiger partial charge in [-0.05, 0) is 103 Å². The fourth-order valence-electron chi connectivity index (χ4n) is 10.1. The number of rotatable bonds is 5. The quantitative estimate of drug-likeness (QED) is 0.162. The molecule has 0 saturated heterocycles. The number of thiophene rings is 1. The van der Waals surface area contributed by atoms with Crippen LogP contribution in [0.2, 0.25) is 0 Å². The summed E-state index contributed by atoms with van der Waals surface area (Å²) in [6.07, 6.45) is 16.2. The Labute approximate surface area is 353 Å². The van der Waals surface area contributed by atoms with Gasteiger partial charge in [0.15, 0.2) is 5.82 Å². The van der Waals surface area contributed by atoms with Gasteiger partial charge in [0.05, 0.1) is 11.4 Å². The highest BCUT2D eigenvalue weighted by Gasteiger charge is 2.32. The van der Waals surface area contributed by atoms with E-state index >= 15 is 0 Å². The van der Waals surface area contributed by atoms with E-state index in [1.807, 2.05) is 17.4 Å². The summed E-state index contributed by atoms with van der Waals surface area (Å²) in [6.45, 7) is 2.43. The molecule has 0 radical (unpaired) electrons. The molecule has 2 aromatic heterocycles. The molecule has 284 valence electrons. The Balaban J connectivity index is 1.02. The molecule has 3 aliphatic rings. The number of hydrogen-bond acceptors (Lipinski definition) is 3. The van der Waals surface area contributed by atoms with E-state index in [0.717, 1.165) is 46.7 Å². The summed E-state index contributed by atoms with van der Waals surface area (Å²) in [5, 5.41) is 9.01. The molecule has 2 atom stereocenters. The van der Waals surface area contributed by atoms with Crippen molar-refractivity contribution < 1.29 is 0 Å². The first-order valence-corrected chi connectivity index (χ1v) is 21.9. The summed E-state index contributed by atoms with van der Waals surface area (Å²) < 4.78 is 1.44. The van der Waals surface area contributed by atoms with Gasteiger partial charge >= 0.3 is 0 Å². The Morgan fingerprint density at radius 2 is 1.22 bits per heavy atom. The van der Waals surface area contributed by atoms with Crippen molar-refractivity contribution in [2.75, 3.05) is 0 Å². The summed E-state index contributed by atoms with van der Waals surface area (Å²) in [4.78, 5) is 12.0. The average molecular weight is 785 g/mol. The van der Waals surface area contributed by atoms with Crippen LogP contribution in [0.4, 0.5) is 0 Å². The maximum absolute atomic E-state index is 5.33. The minimum Gasteiger partial charge on any atom is -0.228 e. The number of allylic oxidation sites excluding steroid dienone is 5. The lowest BCUT2D eigenvalue weighted by molar-refractivity contribution is 0.633. The van der Waals surface area contributed by atoms with Gasteiger partial charge in [0.1, 0.15) is 0 Å². The van der Waals surface area contributed by atoms with Crippen molar-refractivity contribution in [3.63, 3.8) is 0 Å². The van der Waals surface area contributed by atoms with Crippen molar-refractivity contribution in [2.24, 2.45) is 11.8 Å². The van der Waals surface area contributed by atoms with E-state index in [1.165, 1.54) is 80.3 Å². The normalized spacial score (nSPS) is 16.7. The smallest absolute Gasteiger partial charge is 0.160 e. The van der Waals surface area contributed by atoms with E-state index in [-0.39, 0.29) is 0 Å². The maximum atomic E-state index is 5.33. The molecule has 0 spiro atoms. The lowest BCUT2D eigenvalue weighted by Gasteiger charge is -2.31. The molecule has 9 aromatic rings. The molecule has 2 unspecified atom stereocenters. The lowest BCUT2D eigenvalue weighted by Crippen LogP contribution is -2.38. The largest absolute Gasteiger partial charge is 0.228 e. The molecule has 0 N–H and O–H groups in total. The zero-order valence-corrected chi connectivity index (χ0v) is 34.1. The Morgan fingerprint density at radius 3 is 2.03 bits per heavy atom. The molecule has 0 saturated carbocycles. The molecule has 0 fully saturated rings. The van der Waals surface area contributed by atoms with Crippen LogP contribution < -0.4 is 9.75 Å². The topological polar surface area (TPSA) is 25.8 Å². The van der Waals surface area contributed by atoms with Gasteiger partial charge in [0.2, 0.25) is 0 Å². The fourth-order valence-corrected chi connectivity index (χ4v) is 11.6. The van der Waals surface area contributed by atoms with Crippen LogP contribution in [0.3, 0.4) is 0 Å². The molecule has 0 amide bonds. The van der Waals surface area contributed by atoms with E-state index in [1.54, 1.807) is 0 Å². The zero-order valence-electron chi connectivity index (χ0n) is 33.3. The SMILES string of the molecule is CC1C(c2ccc(-c3cc(-c4ccc(-c5cc6ccccc6c6ccccc56)cc4)nc(-c4ccccc4)n3)c3ccccc23)=c2sc3c(c2=C2C=CC=CC21)CCC=C3. The third kappa shape index (κ3) is 5.61. The van der Waals surface area contributed by atoms with Crippen LogP contribution in [0, 0.1) is 11.8 Å². The first-order chi connectivity index (χ1) is 29.7. The van der Waals surface area contributed by atoms with Gasteiger partial charge in [-0.2, -0.15) is 0 Å². The predicted molar refractivity (Wildman–Crippen MR) is 254 cm³/mol. The van der Waals surface area contributed by atoms with Gasteiger partial charge < -0.3 is 0 Å². The minimum absolute atomic E-state index is 0.331. The maximum Gasteiger partial charge on any atom is 0.160 e. The van der Waals surface area contributed by atoms with Gasteiger partial charge in [-0.3, -0.25) is 0 Å². The van der Waals surface area contributed by atoms with Crippen molar-refractivity contribution >= 4 is 60.9 Å². The fraction of sp³-hybridized carbons (Fsp3) is 0.0877. The van der Waals surface area contributed by atoms with E-state index in [9.17, 15) is 0 Å². The summed E-state index contributed by atoms with van der Waals surface area (Å²) >= 11 is 1.99. The van der Waals surface area contributed by atoms with E-state index < -0.39 is 0 Å². The Bertz CT molecular complexity index is 3440. The van der Waals surface area contributed by atoms with Crippen LogP contribution >= 0.6 is 11.3 Å². The molecule has 2 heterocycles. The van der Waals surface area contributed by atoms with Gasteiger partial charge in [0, 0.05) is 37.2 Å². The van der Waals surface area contributed by atoms with Crippen molar-refractivity contribution in [3.8, 4) is 45.0 Å². The highest BCUT2D eigenvalue weighted by atomic mass is 32.1. The molecule has 0 bridgehead atoms. The van der Waals surface area contributed by atoms with E-state index in [0.29, 0.717) is 11.8 Å². The van der Waals surface area contributed by atoms with E-state index in [2.05, 4.69) is 189 Å². The van der Waals surface area contributed by atoms with Crippen LogP contribution in [0.5, 0.6) is 0 Å². The monoisotopic (exact) mass is 784 g/mol. The molecular weight excluding hydrogens is 745 g/mol. The molecule has 3 heteroatoms. The second kappa shape index (κ2) is 14.1. The molecule has 7 aromatic carbocycles. The molecule has 12 rings (SSSR count). The van der Waals surface area contributed by atoms with Crippen LogP contribution in [-0.2, 0) is 6.42 Å². The number of benzene rings is 7. The Morgan fingerprint density at radius 1 is 0.550 bits per heavy atom. The van der Waals surface area contributed by atoms with Gasteiger partial charge in [-0.1, -0.05) is 177 Å². The summed E-state index contributed by atoms with van der Waals surface area (Å²) in [5.74, 6) is 1.40. The summed E-state index contributed by atoms with van der Waals surface area (Å²) in [6, 6.07) is 54.9. The van der Waals surface area contributed by atoms with Crippen LogP contribution in [0.1, 0.15) is 29.3 Å². The highest BCUT2D eigenvalue weighted by molar-refractivity contribution is 7.11. The second-order valence-electron chi connectivity index (χ2n) is 16.3. The third-order valence-electron chi connectivity index (χ3n) is 13.0. The molecule has 2 nitrogen and oxygen atoms in total. The van der Waals surface area contributed by atoms with E-state index in [4.69, 9.17) is 9.97 Å². The average Bonchev–Trinajstić information content (AvgIpc) is 3.71. The zero-order chi connectivity index (χ0) is 39.7. The van der Waals surface area contributed by atoms with Crippen LogP contribution in [0.15, 0.2) is 182 Å². The number of hydrogen-bond donors (Lipinski definition) is 0. The van der Waals surface area contributed by atoms with Gasteiger partial charge in [-0.15, -0.1) is 11.3 Å².